The van der Waals surface area contributed by atoms with Crippen LogP contribution in [0.25, 0.3) is 0 Å². The number of benzene rings is 2. The Bertz CT molecular complexity index is 1060. The molecule has 214 valence electrons. The second-order valence-electron chi connectivity index (χ2n) is 11.2. The van der Waals surface area contributed by atoms with Gasteiger partial charge in [-0.25, -0.2) is 0 Å². The van der Waals surface area contributed by atoms with Gasteiger partial charge in [-0.05, 0) is 36.8 Å². The van der Waals surface area contributed by atoms with E-state index in [0.717, 1.165) is 36.8 Å². The lowest BCUT2D eigenvalue weighted by atomic mass is 9.78. The molecule has 8 heteroatoms. The number of hydrogen-bond donors (Lipinski definition) is 2. The number of carbonyl (C=O) groups is 4. The molecule has 0 saturated heterocycles. The maximum Gasteiger partial charge on any atom is 0.307 e. The average Bonchev–Trinajstić information content (AvgIpc) is 2.98. The third kappa shape index (κ3) is 7.49. The zero-order valence-electron chi connectivity index (χ0n) is 23.0. The summed E-state index contributed by atoms with van der Waals surface area (Å²) in [6.45, 7) is 1.10. The van der Waals surface area contributed by atoms with Crippen LogP contribution in [-0.4, -0.2) is 56.9 Å². The largest absolute Gasteiger partial charge is 0.481 e. The molecule has 2 amide bonds. The van der Waals surface area contributed by atoms with Gasteiger partial charge in [-0.1, -0.05) is 86.3 Å². The van der Waals surface area contributed by atoms with Crippen LogP contribution in [-0.2, 0) is 32.3 Å². The number of rotatable bonds is 11. The van der Waals surface area contributed by atoms with E-state index in [-0.39, 0.29) is 24.9 Å². The quantitative estimate of drug-likeness (QED) is 0.416. The Kier molecular flexibility index (Phi) is 10.3. The predicted octanol–water partition coefficient (Wildman–Crippen LogP) is 4.83. The Hall–Kier alpha value is -3.68. The number of nitrogens with zero attached hydrogens (tertiary/aromatic N) is 2. The summed E-state index contributed by atoms with van der Waals surface area (Å²) in [5.74, 6) is -4.86. The first-order valence-electron chi connectivity index (χ1n) is 14.5. The van der Waals surface area contributed by atoms with Crippen molar-refractivity contribution in [3.63, 3.8) is 0 Å². The van der Waals surface area contributed by atoms with Crippen LogP contribution in [0.4, 0.5) is 0 Å². The van der Waals surface area contributed by atoms with E-state index in [0.29, 0.717) is 38.8 Å². The molecule has 2 aromatic carbocycles. The van der Waals surface area contributed by atoms with Gasteiger partial charge in [-0.3, -0.25) is 19.2 Å². The van der Waals surface area contributed by atoms with Crippen molar-refractivity contribution < 1.29 is 29.4 Å². The van der Waals surface area contributed by atoms with E-state index >= 15 is 0 Å². The first kappa shape index (κ1) is 29.3. The Labute approximate surface area is 236 Å². The van der Waals surface area contributed by atoms with Gasteiger partial charge in [0.2, 0.25) is 11.8 Å². The first-order valence-corrected chi connectivity index (χ1v) is 14.5. The first-order chi connectivity index (χ1) is 19.3. The van der Waals surface area contributed by atoms with Crippen molar-refractivity contribution in [1.29, 1.82) is 0 Å². The van der Waals surface area contributed by atoms with Crippen LogP contribution >= 0.6 is 0 Å². The highest BCUT2D eigenvalue weighted by atomic mass is 16.4. The van der Waals surface area contributed by atoms with Gasteiger partial charge in [0.1, 0.15) is 0 Å². The molecule has 2 fully saturated rings. The molecule has 0 aromatic heterocycles. The number of carbonyl (C=O) groups excluding carboxylic acids is 2. The lowest BCUT2D eigenvalue weighted by Gasteiger charge is -2.36. The van der Waals surface area contributed by atoms with E-state index < -0.39 is 35.6 Å². The molecule has 0 aliphatic heterocycles. The second-order valence-corrected chi connectivity index (χ2v) is 11.2. The highest BCUT2D eigenvalue weighted by Gasteiger charge is 2.40. The van der Waals surface area contributed by atoms with Crippen molar-refractivity contribution in [2.75, 3.05) is 13.1 Å². The molecule has 40 heavy (non-hydrogen) atoms. The van der Waals surface area contributed by atoms with Crippen LogP contribution in [0, 0.1) is 23.7 Å². The third-order valence-electron chi connectivity index (χ3n) is 8.50. The average molecular weight is 549 g/mol. The number of carboxylic acid groups (broad SMARTS) is 2. The maximum atomic E-state index is 13.9. The molecule has 0 heterocycles. The minimum atomic E-state index is -0.935. The van der Waals surface area contributed by atoms with Gasteiger partial charge in [0.15, 0.2) is 0 Å². The standard InChI is InChI=1S/C32H40N2O6/c35-29(25-15-7-9-17-27(25)31(37)38)33(21-23-11-3-1-4-12-23)19-20-34(22-24-13-5-2-6-14-24)30(36)26-16-8-10-18-28(26)32(39)40/h1-6,11-14,25-28H,7-10,15-22H2,(H,37,38)(H,39,40)/t25-,26-,27+,28+/m0/s1. The lowest BCUT2D eigenvalue weighted by Crippen LogP contribution is -2.48. The second kappa shape index (κ2) is 14.1. The molecule has 2 N–H and O–H groups in total. The Morgan fingerprint density at radius 3 is 1.20 bits per heavy atom. The van der Waals surface area contributed by atoms with E-state index in [1.54, 1.807) is 9.80 Å². The highest BCUT2D eigenvalue weighted by Crippen LogP contribution is 2.34. The van der Waals surface area contributed by atoms with Crippen molar-refractivity contribution in [2.45, 2.75) is 64.5 Å². The number of hydrogen-bond acceptors (Lipinski definition) is 4. The van der Waals surface area contributed by atoms with Gasteiger partial charge in [0, 0.05) is 26.2 Å². The molecular formula is C32H40N2O6. The predicted molar refractivity (Wildman–Crippen MR) is 150 cm³/mol. The van der Waals surface area contributed by atoms with Crippen molar-refractivity contribution in [1.82, 2.24) is 9.80 Å². The molecule has 4 rings (SSSR count). The molecule has 2 aromatic rings. The molecule has 2 saturated carbocycles. The molecule has 0 bridgehead atoms. The van der Waals surface area contributed by atoms with Gasteiger partial charge in [0.05, 0.1) is 23.7 Å². The van der Waals surface area contributed by atoms with Gasteiger partial charge in [-0.2, -0.15) is 0 Å². The van der Waals surface area contributed by atoms with Crippen molar-refractivity contribution >= 4 is 23.8 Å². The SMILES string of the molecule is O=C(O)[C@@H]1CCCC[C@@H]1C(=O)N(CCN(Cc1ccccc1)C(=O)[C@H]1CCCC[C@H]1C(=O)O)Cc1ccccc1. The summed E-state index contributed by atoms with van der Waals surface area (Å²) in [5.41, 5.74) is 1.86. The van der Waals surface area contributed by atoms with Crippen molar-refractivity contribution in [3.05, 3.63) is 71.8 Å². The molecule has 8 nitrogen and oxygen atoms in total. The van der Waals surface area contributed by atoms with Gasteiger partial charge < -0.3 is 20.0 Å². The van der Waals surface area contributed by atoms with Crippen molar-refractivity contribution in [2.24, 2.45) is 23.7 Å². The molecule has 2 aliphatic rings. The lowest BCUT2D eigenvalue weighted by molar-refractivity contribution is -0.154. The van der Waals surface area contributed by atoms with Crippen LogP contribution in [0.5, 0.6) is 0 Å². The number of aliphatic carboxylic acids is 2. The summed E-state index contributed by atoms with van der Waals surface area (Å²) < 4.78 is 0. The summed E-state index contributed by atoms with van der Waals surface area (Å²) in [5, 5.41) is 19.7. The summed E-state index contributed by atoms with van der Waals surface area (Å²) in [7, 11) is 0. The third-order valence-corrected chi connectivity index (χ3v) is 8.50. The maximum absolute atomic E-state index is 13.9. The van der Waals surface area contributed by atoms with Crippen molar-refractivity contribution in [3.8, 4) is 0 Å². The van der Waals surface area contributed by atoms with E-state index in [1.807, 2.05) is 60.7 Å². The topological polar surface area (TPSA) is 115 Å². The Morgan fingerprint density at radius 2 is 0.875 bits per heavy atom. The normalized spacial score (nSPS) is 22.7. The molecule has 0 spiro atoms. The number of carboxylic acids is 2. The summed E-state index contributed by atoms with van der Waals surface area (Å²) in [6.07, 6.45) is 5.28. The molecule has 0 unspecified atom stereocenters. The van der Waals surface area contributed by atoms with E-state index in [4.69, 9.17) is 0 Å². The molecule has 4 atom stereocenters. The minimum absolute atomic E-state index is 0.191. The Balaban J connectivity index is 1.58. The molecular weight excluding hydrogens is 508 g/mol. The van der Waals surface area contributed by atoms with Crippen LogP contribution in [0.1, 0.15) is 62.5 Å². The summed E-state index contributed by atoms with van der Waals surface area (Å²) >= 11 is 0. The summed E-state index contributed by atoms with van der Waals surface area (Å²) in [4.78, 5) is 55.2. The van der Waals surface area contributed by atoms with Crippen LogP contribution in [0.3, 0.4) is 0 Å². The summed E-state index contributed by atoms with van der Waals surface area (Å²) in [6, 6.07) is 19.1. The monoisotopic (exact) mass is 548 g/mol. The van der Waals surface area contributed by atoms with Gasteiger partial charge in [-0.15, -0.1) is 0 Å². The fraction of sp³-hybridized carbons (Fsp3) is 0.500. The van der Waals surface area contributed by atoms with Gasteiger partial charge >= 0.3 is 11.9 Å². The van der Waals surface area contributed by atoms with Crippen LogP contribution in [0.15, 0.2) is 60.7 Å². The zero-order chi connectivity index (χ0) is 28.5. The number of amides is 2. The zero-order valence-corrected chi connectivity index (χ0v) is 23.0. The van der Waals surface area contributed by atoms with Crippen LogP contribution < -0.4 is 0 Å². The van der Waals surface area contributed by atoms with Gasteiger partial charge in [0.25, 0.3) is 0 Å². The molecule has 0 radical (unpaired) electrons. The smallest absolute Gasteiger partial charge is 0.307 e. The fourth-order valence-electron chi connectivity index (χ4n) is 6.30. The molecule has 2 aliphatic carbocycles. The highest BCUT2D eigenvalue weighted by molar-refractivity contribution is 5.86. The van der Waals surface area contributed by atoms with Crippen LogP contribution in [0.2, 0.25) is 0 Å². The Morgan fingerprint density at radius 1 is 0.550 bits per heavy atom. The van der Waals surface area contributed by atoms with E-state index in [2.05, 4.69) is 0 Å². The van der Waals surface area contributed by atoms with E-state index in [9.17, 15) is 29.4 Å². The fourth-order valence-corrected chi connectivity index (χ4v) is 6.30. The minimum Gasteiger partial charge on any atom is -0.481 e. The van der Waals surface area contributed by atoms with E-state index in [1.165, 1.54) is 0 Å².